The van der Waals surface area contributed by atoms with Crippen molar-refractivity contribution in [3.05, 3.63) is 83.4 Å². The molecule has 30 heavy (non-hydrogen) atoms. The maximum absolute atomic E-state index is 12.4. The lowest BCUT2D eigenvalue weighted by Gasteiger charge is -2.11. The number of amides is 2. The highest BCUT2D eigenvalue weighted by Gasteiger charge is 2.09. The molecule has 0 aliphatic carbocycles. The van der Waals surface area contributed by atoms with E-state index in [-0.39, 0.29) is 18.4 Å². The van der Waals surface area contributed by atoms with Gasteiger partial charge in [0.05, 0.1) is 7.11 Å². The Morgan fingerprint density at radius 1 is 0.833 bits per heavy atom. The van der Waals surface area contributed by atoms with Crippen molar-refractivity contribution < 1.29 is 19.1 Å². The fourth-order valence-corrected chi connectivity index (χ4v) is 2.80. The monoisotopic (exact) mass is 404 g/mol. The largest absolute Gasteiger partial charge is 0.497 e. The van der Waals surface area contributed by atoms with Crippen molar-refractivity contribution in [1.82, 2.24) is 0 Å². The van der Waals surface area contributed by atoms with E-state index < -0.39 is 0 Å². The molecule has 2 N–H and O–H groups in total. The molecule has 3 rings (SSSR count). The number of anilines is 2. The first kappa shape index (κ1) is 20.9. The Morgan fingerprint density at radius 3 is 2.13 bits per heavy atom. The van der Waals surface area contributed by atoms with Gasteiger partial charge < -0.3 is 20.1 Å². The summed E-state index contributed by atoms with van der Waals surface area (Å²) in [5.41, 5.74) is 3.86. The first-order chi connectivity index (χ1) is 14.5. The van der Waals surface area contributed by atoms with Crippen LogP contribution in [0.5, 0.6) is 11.5 Å². The standard InChI is InChI=1S/C24H24N2O4/c1-16-5-4-6-22(17(16)2)30-15-23(27)25-19-9-7-18(8-10-19)24(28)26-20-11-13-21(29-3)14-12-20/h4-14H,15H2,1-3H3,(H,25,27)(H,26,28). The summed E-state index contributed by atoms with van der Waals surface area (Å²) in [5.74, 6) is 0.896. The van der Waals surface area contributed by atoms with Crippen LogP contribution in [0.25, 0.3) is 0 Å². The van der Waals surface area contributed by atoms with Gasteiger partial charge >= 0.3 is 0 Å². The van der Waals surface area contributed by atoms with E-state index in [4.69, 9.17) is 9.47 Å². The summed E-state index contributed by atoms with van der Waals surface area (Å²) >= 11 is 0. The lowest BCUT2D eigenvalue weighted by molar-refractivity contribution is -0.118. The van der Waals surface area contributed by atoms with Gasteiger partial charge in [0.2, 0.25) is 0 Å². The van der Waals surface area contributed by atoms with E-state index in [0.717, 1.165) is 16.9 Å². The summed E-state index contributed by atoms with van der Waals surface area (Å²) in [6.07, 6.45) is 0. The van der Waals surface area contributed by atoms with E-state index in [0.29, 0.717) is 22.7 Å². The first-order valence-corrected chi connectivity index (χ1v) is 9.50. The summed E-state index contributed by atoms with van der Waals surface area (Å²) in [7, 11) is 1.59. The molecule has 0 aliphatic rings. The van der Waals surface area contributed by atoms with E-state index >= 15 is 0 Å². The second kappa shape index (κ2) is 9.60. The number of hydrogen-bond donors (Lipinski definition) is 2. The predicted molar refractivity (Wildman–Crippen MR) is 117 cm³/mol. The van der Waals surface area contributed by atoms with E-state index in [2.05, 4.69) is 10.6 Å². The fraction of sp³-hybridized carbons (Fsp3) is 0.167. The quantitative estimate of drug-likeness (QED) is 0.604. The molecule has 0 radical (unpaired) electrons. The topological polar surface area (TPSA) is 76.7 Å². The number of carbonyl (C=O) groups excluding carboxylic acids is 2. The van der Waals surface area contributed by atoms with Gasteiger partial charge in [-0.25, -0.2) is 0 Å². The third kappa shape index (κ3) is 5.38. The smallest absolute Gasteiger partial charge is 0.262 e. The number of carbonyl (C=O) groups is 2. The van der Waals surface area contributed by atoms with Crippen LogP contribution in [0.2, 0.25) is 0 Å². The van der Waals surface area contributed by atoms with Crippen molar-refractivity contribution in [3.8, 4) is 11.5 Å². The highest BCUT2D eigenvalue weighted by Crippen LogP contribution is 2.21. The van der Waals surface area contributed by atoms with Crippen LogP contribution in [-0.2, 0) is 4.79 Å². The second-order valence-electron chi connectivity index (χ2n) is 6.79. The molecule has 0 aromatic heterocycles. The molecule has 2 amide bonds. The predicted octanol–water partition coefficient (Wildman–Crippen LogP) is 4.58. The van der Waals surface area contributed by atoms with Crippen molar-refractivity contribution in [3.63, 3.8) is 0 Å². The first-order valence-electron chi connectivity index (χ1n) is 9.50. The van der Waals surface area contributed by atoms with E-state index in [9.17, 15) is 9.59 Å². The zero-order valence-electron chi connectivity index (χ0n) is 17.2. The SMILES string of the molecule is COc1ccc(NC(=O)c2ccc(NC(=O)COc3cccc(C)c3C)cc2)cc1. The number of hydrogen-bond acceptors (Lipinski definition) is 4. The maximum Gasteiger partial charge on any atom is 0.262 e. The van der Waals surface area contributed by atoms with Crippen molar-refractivity contribution in [2.75, 3.05) is 24.4 Å². The molecule has 0 spiro atoms. The van der Waals surface area contributed by atoms with Gasteiger partial charge in [0.1, 0.15) is 11.5 Å². The van der Waals surface area contributed by atoms with Crippen LogP contribution in [0.15, 0.2) is 66.7 Å². The van der Waals surface area contributed by atoms with E-state index in [1.54, 1.807) is 55.6 Å². The van der Waals surface area contributed by atoms with Crippen LogP contribution in [-0.4, -0.2) is 25.5 Å². The number of ether oxygens (including phenoxy) is 2. The highest BCUT2D eigenvalue weighted by molar-refractivity contribution is 6.04. The van der Waals surface area contributed by atoms with Gasteiger partial charge in [-0.05, 0) is 79.6 Å². The number of methoxy groups -OCH3 is 1. The number of benzene rings is 3. The Balaban J connectivity index is 1.53. The molecule has 0 atom stereocenters. The third-order valence-corrected chi connectivity index (χ3v) is 4.69. The molecule has 0 heterocycles. The normalized spacial score (nSPS) is 10.2. The zero-order valence-corrected chi connectivity index (χ0v) is 17.2. The molecule has 0 bridgehead atoms. The van der Waals surface area contributed by atoms with E-state index in [1.165, 1.54) is 0 Å². The third-order valence-electron chi connectivity index (χ3n) is 4.69. The molecule has 6 nitrogen and oxygen atoms in total. The lowest BCUT2D eigenvalue weighted by atomic mass is 10.1. The summed E-state index contributed by atoms with van der Waals surface area (Å²) in [4.78, 5) is 24.5. The van der Waals surface area contributed by atoms with Crippen molar-refractivity contribution in [1.29, 1.82) is 0 Å². The average molecular weight is 404 g/mol. The van der Waals surface area contributed by atoms with Gasteiger partial charge in [-0.2, -0.15) is 0 Å². The molecule has 0 fully saturated rings. The molecule has 0 aliphatic heterocycles. The maximum atomic E-state index is 12.4. The van der Waals surface area contributed by atoms with Crippen LogP contribution in [0.3, 0.4) is 0 Å². The summed E-state index contributed by atoms with van der Waals surface area (Å²) < 4.78 is 10.7. The lowest BCUT2D eigenvalue weighted by Crippen LogP contribution is -2.20. The van der Waals surface area contributed by atoms with Crippen LogP contribution in [0, 0.1) is 13.8 Å². The Kier molecular flexibility index (Phi) is 6.70. The summed E-state index contributed by atoms with van der Waals surface area (Å²) in [6, 6.07) is 19.5. The van der Waals surface area contributed by atoms with Crippen molar-refractivity contribution in [2.45, 2.75) is 13.8 Å². The van der Waals surface area contributed by atoms with Gasteiger partial charge in [0, 0.05) is 16.9 Å². The van der Waals surface area contributed by atoms with Gasteiger partial charge in [-0.3, -0.25) is 9.59 Å². The second-order valence-corrected chi connectivity index (χ2v) is 6.79. The van der Waals surface area contributed by atoms with E-state index in [1.807, 2.05) is 32.0 Å². The van der Waals surface area contributed by atoms with Crippen LogP contribution in [0.1, 0.15) is 21.5 Å². The number of nitrogens with one attached hydrogen (secondary N) is 2. The number of rotatable bonds is 7. The van der Waals surface area contributed by atoms with Gasteiger partial charge in [-0.1, -0.05) is 12.1 Å². The fourth-order valence-electron chi connectivity index (χ4n) is 2.80. The Bertz CT molecular complexity index is 1030. The molecule has 154 valence electrons. The van der Waals surface area contributed by atoms with Gasteiger partial charge in [0.15, 0.2) is 6.61 Å². The molecule has 6 heteroatoms. The minimum Gasteiger partial charge on any atom is -0.497 e. The zero-order chi connectivity index (χ0) is 21.5. The average Bonchev–Trinajstić information content (AvgIpc) is 2.76. The van der Waals surface area contributed by atoms with Gasteiger partial charge in [0.25, 0.3) is 11.8 Å². The molecular weight excluding hydrogens is 380 g/mol. The van der Waals surface area contributed by atoms with Crippen molar-refractivity contribution in [2.24, 2.45) is 0 Å². The molecule has 3 aromatic rings. The molecule has 0 saturated heterocycles. The summed E-state index contributed by atoms with van der Waals surface area (Å²) in [5, 5.41) is 5.58. The Morgan fingerprint density at radius 2 is 1.47 bits per heavy atom. The molecule has 0 saturated carbocycles. The van der Waals surface area contributed by atoms with Crippen LogP contribution in [0.4, 0.5) is 11.4 Å². The van der Waals surface area contributed by atoms with Crippen molar-refractivity contribution >= 4 is 23.2 Å². The molecule has 0 unspecified atom stereocenters. The summed E-state index contributed by atoms with van der Waals surface area (Å²) in [6.45, 7) is 3.86. The molecular formula is C24H24N2O4. The van der Waals surface area contributed by atoms with Gasteiger partial charge in [-0.15, -0.1) is 0 Å². The Hall–Kier alpha value is -3.80. The van der Waals surface area contributed by atoms with Crippen LogP contribution < -0.4 is 20.1 Å². The highest BCUT2D eigenvalue weighted by atomic mass is 16.5. The molecule has 3 aromatic carbocycles. The minimum atomic E-state index is -0.272. The minimum absolute atomic E-state index is 0.0933. The Labute approximate surface area is 175 Å². The van der Waals surface area contributed by atoms with Crippen LogP contribution >= 0.6 is 0 Å². The number of aryl methyl sites for hydroxylation is 1.